The Bertz CT molecular complexity index is 11.6. The fourth-order valence-electron chi connectivity index (χ4n) is 0. The number of hydrogen-bond donors (Lipinski definition) is 0. The van der Waals surface area contributed by atoms with Crippen LogP contribution in [0.1, 0.15) is 0 Å². The van der Waals surface area contributed by atoms with Gasteiger partial charge in [-0.2, -0.15) is 0 Å². The quantitative estimate of drug-likeness (QED) is 0.569. The first-order valence-corrected chi connectivity index (χ1v) is 2.42. The zero-order chi connectivity index (χ0) is 2.00. The van der Waals surface area contributed by atoms with E-state index in [0.29, 0.717) is 0 Å². The molecule has 0 N–H and O–H groups in total. The molecule has 1 radical (unpaired) electrons. The molecular formula is CH3CoCrMoNi. The molecule has 5 heavy (non-hydrogen) atoms. The summed E-state index contributed by atoms with van der Waals surface area (Å²) in [6.45, 7) is 0. The summed E-state index contributed by atoms with van der Waals surface area (Å²) in [7, 11) is 0. The molecule has 0 aliphatic heterocycles. The standard InChI is InChI=1S/CH3.Co.Cr.Mo.Ni/h1H3;;;;. The summed E-state index contributed by atoms with van der Waals surface area (Å²) in [4.78, 5) is 0. The Hall–Kier alpha value is 2.22. The Morgan fingerprint density at radius 2 is 1.20 bits per heavy atom. The van der Waals surface area contributed by atoms with Gasteiger partial charge in [0, 0.05) is 50.6 Å². The Kier molecular flexibility index (Phi) is 185. The van der Waals surface area contributed by atoms with Gasteiger partial charge in [0.2, 0.25) is 0 Å². The Morgan fingerprint density at radius 3 is 1.20 bits per heavy atom. The summed E-state index contributed by atoms with van der Waals surface area (Å²) in [6, 6.07) is 0. The summed E-state index contributed by atoms with van der Waals surface area (Å²) in [6.07, 6.45) is 0. The van der Waals surface area contributed by atoms with Crippen molar-refractivity contribution in [2.75, 3.05) is 0 Å². The second-order valence-corrected chi connectivity index (χ2v) is 0. The molecule has 0 atom stereocenters. The van der Waals surface area contributed by atoms with Crippen molar-refractivity contribution >= 4 is 0 Å². The summed E-state index contributed by atoms with van der Waals surface area (Å²) in [5.41, 5.74) is 0. The maximum Gasteiger partial charge on any atom is 0 e. The van der Waals surface area contributed by atoms with Gasteiger partial charge in [-0.3, -0.25) is 0 Å². The third kappa shape index (κ3) is 22.5. The van der Waals surface area contributed by atoms with Crippen molar-refractivity contribution in [2.24, 2.45) is 0 Å². The summed E-state index contributed by atoms with van der Waals surface area (Å²) in [5, 5.41) is 2.01. The van der Waals surface area contributed by atoms with Gasteiger partial charge >= 0.3 is 25.1 Å². The van der Waals surface area contributed by atoms with Crippen LogP contribution in [0.2, 0.25) is 5.31 Å². The molecule has 0 unspecified atom stereocenters. The van der Waals surface area contributed by atoms with Crippen molar-refractivity contribution in [1.82, 2.24) is 0 Å². The molecule has 0 bridgehead atoms. The van der Waals surface area contributed by atoms with Gasteiger partial charge < -0.3 is 0 Å². The first kappa shape index (κ1) is 26.9. The van der Waals surface area contributed by atoms with Gasteiger partial charge in [0.1, 0.15) is 0 Å². The molecule has 0 spiro atoms. The summed E-state index contributed by atoms with van der Waals surface area (Å²) >= 11 is 1.95. The molecule has 0 saturated carbocycles. The first-order chi connectivity index (χ1) is 1.00. The minimum atomic E-state index is 0. The topological polar surface area (TPSA) is 0 Å². The van der Waals surface area contributed by atoms with Crippen LogP contribution in [0.5, 0.6) is 0 Å². The van der Waals surface area contributed by atoms with Crippen molar-refractivity contribution < 1.29 is 70.4 Å². The molecule has 0 aromatic heterocycles. The Balaban J connectivity index is -0.00000000167. The molecule has 0 aliphatic rings. The van der Waals surface area contributed by atoms with E-state index in [1.165, 1.54) is 0 Å². The van der Waals surface area contributed by atoms with Gasteiger partial charge in [0.25, 0.3) is 0 Å². The monoisotopic (exact) mass is 282 g/mol. The normalized spacial score (nSPS) is 1.00. The van der Waals surface area contributed by atoms with Crippen molar-refractivity contribution in [1.29, 1.82) is 0 Å². The van der Waals surface area contributed by atoms with Gasteiger partial charge in [0.15, 0.2) is 0 Å². The molecule has 0 nitrogen and oxygen atoms in total. The molecule has 0 fully saturated rings. The van der Waals surface area contributed by atoms with E-state index in [-0.39, 0.29) is 50.6 Å². The second kappa shape index (κ2) is 34.4. The van der Waals surface area contributed by atoms with Gasteiger partial charge in [-0.1, -0.05) is 0 Å². The summed E-state index contributed by atoms with van der Waals surface area (Å²) in [5.74, 6) is 0. The van der Waals surface area contributed by atoms with Crippen LogP contribution in [-0.4, -0.2) is 0 Å². The van der Waals surface area contributed by atoms with Crippen LogP contribution in [0, 0.1) is 0 Å². The minimum absolute atomic E-state index is 0. The molecule has 0 amide bonds. The van der Waals surface area contributed by atoms with E-state index in [9.17, 15) is 0 Å². The average molecular weight is 281 g/mol. The number of hydrogen-bond acceptors (Lipinski definition) is 0. The Labute approximate surface area is 75.0 Å². The maximum absolute atomic E-state index is 2.01. The van der Waals surface area contributed by atoms with E-state index in [0.717, 1.165) is 0 Å². The van der Waals surface area contributed by atoms with Crippen molar-refractivity contribution in [2.45, 2.75) is 5.31 Å². The van der Waals surface area contributed by atoms with E-state index in [2.05, 4.69) is 0 Å². The third-order valence-corrected chi connectivity index (χ3v) is 0. The van der Waals surface area contributed by atoms with Gasteiger partial charge in [-0.05, 0) is 0 Å². The predicted molar refractivity (Wildman–Crippen MR) is 5.86 cm³/mol. The predicted octanol–water partition coefficient (Wildman–Crippen LogP) is 0.574. The maximum atomic E-state index is 2.01. The first-order valence-electron chi connectivity index (χ1n) is 0.408. The van der Waals surface area contributed by atoms with Crippen LogP contribution in [-0.2, 0) is 70.4 Å². The smallest absolute Gasteiger partial charge is 0 e. The minimum Gasteiger partial charge on any atom is 0 e. The molecule has 0 aromatic carbocycles. The molecule has 0 saturated heterocycles. The molecule has 4 heteroatoms. The van der Waals surface area contributed by atoms with E-state index in [1.54, 1.807) is 0 Å². The fourth-order valence-corrected chi connectivity index (χ4v) is 0. The number of rotatable bonds is 0. The van der Waals surface area contributed by atoms with Crippen LogP contribution in [0.25, 0.3) is 0 Å². The van der Waals surface area contributed by atoms with Gasteiger partial charge in [-0.25, -0.2) is 0 Å². The molecule has 0 rings (SSSR count). The fraction of sp³-hybridized carbons (Fsp3) is 1.00. The van der Waals surface area contributed by atoms with Crippen LogP contribution in [0.3, 0.4) is 0 Å². The average Bonchev–Trinajstić information content (AvgIpc) is 1.00. The Morgan fingerprint density at radius 1 is 1.20 bits per heavy atom. The van der Waals surface area contributed by atoms with Crippen LogP contribution >= 0.6 is 0 Å². The molecular weight excluding hydrogens is 278 g/mol. The van der Waals surface area contributed by atoms with Gasteiger partial charge in [0.05, 0.1) is 0 Å². The van der Waals surface area contributed by atoms with Crippen LogP contribution in [0.15, 0.2) is 0 Å². The van der Waals surface area contributed by atoms with E-state index in [4.69, 9.17) is 0 Å². The van der Waals surface area contributed by atoms with Gasteiger partial charge in [-0.15, -0.1) is 0 Å². The van der Waals surface area contributed by atoms with Crippen molar-refractivity contribution in [3.63, 3.8) is 0 Å². The SMILES string of the molecule is [CH3][Mo].[Co].[Cr].[Ni]. The molecule has 0 heterocycles. The van der Waals surface area contributed by atoms with E-state index in [1.807, 2.05) is 25.1 Å². The van der Waals surface area contributed by atoms with Crippen molar-refractivity contribution in [3.05, 3.63) is 0 Å². The third-order valence-electron chi connectivity index (χ3n) is 0. The zero-order valence-corrected chi connectivity index (χ0v) is 7.78. The zero-order valence-electron chi connectivity index (χ0n) is 2.47. The van der Waals surface area contributed by atoms with Crippen LogP contribution in [0.4, 0.5) is 0 Å². The second-order valence-electron chi connectivity index (χ2n) is 0. The van der Waals surface area contributed by atoms with E-state index < -0.39 is 0 Å². The summed E-state index contributed by atoms with van der Waals surface area (Å²) < 4.78 is 0. The largest absolute Gasteiger partial charge is 0 e. The van der Waals surface area contributed by atoms with Crippen LogP contribution < -0.4 is 0 Å². The molecule has 0 aromatic rings. The molecule has 0 aliphatic carbocycles. The van der Waals surface area contributed by atoms with Crippen molar-refractivity contribution in [3.8, 4) is 0 Å². The molecule has 38 valence electrons. The van der Waals surface area contributed by atoms with E-state index >= 15 is 0 Å².